The predicted octanol–water partition coefficient (Wildman–Crippen LogP) is 3.33. The number of nitrogens with zero attached hydrogens (tertiary/aromatic N) is 1. The van der Waals surface area contributed by atoms with E-state index >= 15 is 0 Å². The molecular weight excluding hydrogens is 298 g/mol. The molecular formula is C16H25N3S2. The van der Waals surface area contributed by atoms with E-state index < -0.39 is 0 Å². The largest absolute Gasteiger partial charge is 0.389 e. The Balaban J connectivity index is 2.19. The zero-order valence-electron chi connectivity index (χ0n) is 12.9. The van der Waals surface area contributed by atoms with Gasteiger partial charge in [-0.2, -0.15) is 0 Å². The van der Waals surface area contributed by atoms with Crippen molar-refractivity contribution in [3.63, 3.8) is 0 Å². The monoisotopic (exact) mass is 323 g/mol. The number of thiocarbonyl (C=S) groups is 1. The maximum atomic E-state index is 5.97. The van der Waals surface area contributed by atoms with Gasteiger partial charge >= 0.3 is 0 Å². The van der Waals surface area contributed by atoms with Crippen LogP contribution in [-0.2, 0) is 0 Å². The Hall–Kier alpha value is -0.780. The van der Waals surface area contributed by atoms with Crippen molar-refractivity contribution >= 4 is 34.7 Å². The molecule has 1 heterocycles. The molecule has 0 radical (unpaired) electrons. The van der Waals surface area contributed by atoms with E-state index in [1.165, 1.54) is 24.3 Å². The van der Waals surface area contributed by atoms with Crippen LogP contribution in [0.3, 0.4) is 0 Å². The molecule has 1 fully saturated rings. The number of thioether (sulfide) groups is 1. The first-order valence-corrected chi connectivity index (χ1v) is 9.09. The molecule has 5 heteroatoms. The van der Waals surface area contributed by atoms with Gasteiger partial charge in [0.1, 0.15) is 4.99 Å². The van der Waals surface area contributed by atoms with Crippen molar-refractivity contribution in [1.29, 1.82) is 0 Å². The summed E-state index contributed by atoms with van der Waals surface area (Å²) in [5.41, 5.74) is 8.07. The van der Waals surface area contributed by atoms with Crippen LogP contribution in [0.1, 0.15) is 32.3 Å². The fourth-order valence-corrected chi connectivity index (χ4v) is 4.00. The summed E-state index contributed by atoms with van der Waals surface area (Å²) in [6.45, 7) is 7.79. The van der Waals surface area contributed by atoms with Gasteiger partial charge in [0, 0.05) is 28.7 Å². The highest BCUT2D eigenvalue weighted by Crippen LogP contribution is 2.29. The van der Waals surface area contributed by atoms with E-state index in [4.69, 9.17) is 18.0 Å². The first-order chi connectivity index (χ1) is 10.2. The summed E-state index contributed by atoms with van der Waals surface area (Å²) < 4.78 is 0. The molecule has 0 spiro atoms. The fraction of sp³-hybridized carbons (Fsp3) is 0.562. The van der Waals surface area contributed by atoms with Crippen LogP contribution in [0.2, 0.25) is 0 Å². The van der Waals surface area contributed by atoms with Gasteiger partial charge in [-0.1, -0.05) is 32.1 Å². The highest BCUT2D eigenvalue weighted by atomic mass is 32.2. The molecule has 0 amide bonds. The summed E-state index contributed by atoms with van der Waals surface area (Å²) in [5, 5.41) is 3.67. The van der Waals surface area contributed by atoms with Gasteiger partial charge in [-0.3, -0.25) is 0 Å². The van der Waals surface area contributed by atoms with Crippen LogP contribution in [-0.4, -0.2) is 41.3 Å². The molecule has 0 aromatic heterocycles. The minimum Gasteiger partial charge on any atom is -0.389 e. The normalized spacial score (nSPS) is 19.4. The van der Waals surface area contributed by atoms with Gasteiger partial charge in [-0.15, -0.1) is 11.8 Å². The summed E-state index contributed by atoms with van der Waals surface area (Å²) in [5.74, 6) is 1.02. The van der Waals surface area contributed by atoms with E-state index in [2.05, 4.69) is 42.3 Å². The van der Waals surface area contributed by atoms with Crippen LogP contribution >= 0.6 is 24.0 Å². The average molecular weight is 324 g/mol. The minimum atomic E-state index is 0.480. The van der Waals surface area contributed by atoms with Crippen LogP contribution in [0, 0.1) is 0 Å². The zero-order chi connectivity index (χ0) is 15.2. The molecule has 1 atom stereocenters. The molecule has 2 rings (SSSR count). The average Bonchev–Trinajstić information content (AvgIpc) is 2.47. The second-order valence-electron chi connectivity index (χ2n) is 5.35. The van der Waals surface area contributed by atoms with Crippen molar-refractivity contribution in [3.05, 3.63) is 23.8 Å². The quantitative estimate of drug-likeness (QED) is 0.621. The second kappa shape index (κ2) is 8.01. The number of likely N-dealkylation sites (N-methyl/N-ethyl adjacent to an activating group) is 1. The number of benzene rings is 1. The van der Waals surface area contributed by atoms with E-state index in [0.717, 1.165) is 30.1 Å². The number of rotatable bonds is 6. The molecule has 1 unspecified atom stereocenters. The molecule has 3 N–H and O–H groups in total. The van der Waals surface area contributed by atoms with Gasteiger partial charge in [-0.05, 0) is 43.8 Å². The zero-order valence-corrected chi connectivity index (χ0v) is 14.5. The standard InChI is InChI=1S/C16H25N3S2/c1-3-19-10-6-7-12(11-19)18-13-8-5-9-14(21-4-2)15(13)16(17)20/h5,8-9,12,18H,3-4,6-7,10-11H2,1-2H3,(H2,17,20). The number of likely N-dealkylation sites (tertiary alicyclic amines) is 1. The molecule has 1 aromatic rings. The molecule has 1 saturated heterocycles. The molecule has 116 valence electrons. The van der Waals surface area contributed by atoms with Crippen LogP contribution in [0.5, 0.6) is 0 Å². The Bertz CT molecular complexity index is 490. The lowest BCUT2D eigenvalue weighted by Gasteiger charge is -2.33. The topological polar surface area (TPSA) is 41.3 Å². The summed E-state index contributed by atoms with van der Waals surface area (Å²) in [6, 6.07) is 6.77. The number of hydrogen-bond acceptors (Lipinski definition) is 4. The SMILES string of the molecule is CCSc1cccc(NC2CCCN(CC)C2)c1C(N)=S. The van der Waals surface area contributed by atoms with Crippen LogP contribution in [0.4, 0.5) is 5.69 Å². The van der Waals surface area contributed by atoms with Crippen molar-refractivity contribution in [1.82, 2.24) is 4.90 Å². The van der Waals surface area contributed by atoms with Gasteiger partial charge in [0.15, 0.2) is 0 Å². The summed E-state index contributed by atoms with van der Waals surface area (Å²) in [4.78, 5) is 4.15. The third kappa shape index (κ3) is 4.34. The van der Waals surface area contributed by atoms with Crippen LogP contribution in [0.25, 0.3) is 0 Å². The summed E-state index contributed by atoms with van der Waals surface area (Å²) in [6.07, 6.45) is 2.45. The Morgan fingerprint density at radius 3 is 2.95 bits per heavy atom. The lowest BCUT2D eigenvalue weighted by molar-refractivity contribution is 0.227. The summed E-state index contributed by atoms with van der Waals surface area (Å²) >= 11 is 7.07. The van der Waals surface area contributed by atoms with E-state index in [9.17, 15) is 0 Å². The van der Waals surface area contributed by atoms with Gasteiger partial charge in [0.25, 0.3) is 0 Å². The highest BCUT2D eigenvalue weighted by Gasteiger charge is 2.20. The number of hydrogen-bond donors (Lipinski definition) is 2. The van der Waals surface area contributed by atoms with Crippen molar-refractivity contribution in [2.24, 2.45) is 5.73 Å². The number of anilines is 1. The molecule has 1 aromatic carbocycles. The van der Waals surface area contributed by atoms with Gasteiger partial charge in [0.2, 0.25) is 0 Å². The van der Waals surface area contributed by atoms with Crippen molar-refractivity contribution < 1.29 is 0 Å². The molecule has 3 nitrogen and oxygen atoms in total. The molecule has 0 saturated carbocycles. The molecule has 1 aliphatic rings. The molecule has 1 aliphatic heterocycles. The number of nitrogens with one attached hydrogen (secondary N) is 1. The minimum absolute atomic E-state index is 0.480. The fourth-order valence-electron chi connectivity index (χ4n) is 2.86. The van der Waals surface area contributed by atoms with E-state index in [1.807, 2.05) is 0 Å². The Labute approximate surface area is 137 Å². The highest BCUT2D eigenvalue weighted by molar-refractivity contribution is 7.99. The van der Waals surface area contributed by atoms with E-state index in [0.29, 0.717) is 11.0 Å². The van der Waals surface area contributed by atoms with Crippen molar-refractivity contribution in [2.45, 2.75) is 37.6 Å². The number of piperidine rings is 1. The lowest BCUT2D eigenvalue weighted by atomic mass is 10.0. The Morgan fingerprint density at radius 2 is 2.29 bits per heavy atom. The second-order valence-corrected chi connectivity index (χ2v) is 7.10. The first-order valence-electron chi connectivity index (χ1n) is 7.70. The smallest absolute Gasteiger partial charge is 0.107 e. The van der Waals surface area contributed by atoms with E-state index in [-0.39, 0.29) is 0 Å². The van der Waals surface area contributed by atoms with Crippen molar-refractivity contribution in [3.8, 4) is 0 Å². The van der Waals surface area contributed by atoms with Crippen molar-refractivity contribution in [2.75, 3.05) is 30.7 Å². The van der Waals surface area contributed by atoms with Crippen LogP contribution < -0.4 is 11.1 Å². The molecule has 0 bridgehead atoms. The Morgan fingerprint density at radius 1 is 1.48 bits per heavy atom. The van der Waals surface area contributed by atoms with Gasteiger partial charge in [0.05, 0.1) is 0 Å². The predicted molar refractivity (Wildman–Crippen MR) is 97.5 cm³/mol. The van der Waals surface area contributed by atoms with Gasteiger partial charge in [-0.25, -0.2) is 0 Å². The molecule has 0 aliphatic carbocycles. The summed E-state index contributed by atoms with van der Waals surface area (Å²) in [7, 11) is 0. The molecule has 21 heavy (non-hydrogen) atoms. The van der Waals surface area contributed by atoms with E-state index in [1.54, 1.807) is 11.8 Å². The third-order valence-electron chi connectivity index (χ3n) is 3.88. The first kappa shape index (κ1) is 16.6. The lowest BCUT2D eigenvalue weighted by Crippen LogP contribution is -2.42. The van der Waals surface area contributed by atoms with Gasteiger partial charge < -0.3 is 16.0 Å². The maximum absolute atomic E-state index is 5.97. The van der Waals surface area contributed by atoms with Crippen LogP contribution in [0.15, 0.2) is 23.1 Å². The Kier molecular flexibility index (Phi) is 6.33. The number of nitrogens with two attached hydrogens (primary N) is 1. The third-order valence-corrected chi connectivity index (χ3v) is 5.03. The maximum Gasteiger partial charge on any atom is 0.107 e.